The Morgan fingerprint density at radius 1 is 1.07 bits per heavy atom. The molecule has 0 aliphatic carbocycles. The predicted molar refractivity (Wildman–Crippen MR) is 114 cm³/mol. The number of nitrogens with zero attached hydrogens (tertiary/aromatic N) is 4. The highest BCUT2D eigenvalue weighted by molar-refractivity contribution is 6.00. The van der Waals surface area contributed by atoms with Crippen LogP contribution in [0.1, 0.15) is 27.9 Å². The summed E-state index contributed by atoms with van der Waals surface area (Å²) in [4.78, 5) is 19.4. The highest BCUT2D eigenvalue weighted by Gasteiger charge is 2.40. The molecule has 2 aromatic heterocycles. The van der Waals surface area contributed by atoms with Crippen molar-refractivity contribution in [1.82, 2.24) is 19.5 Å². The maximum Gasteiger partial charge on any atom is 0.259 e. The Labute approximate surface area is 174 Å². The number of likely N-dealkylation sites (tertiary alicyclic amines) is 1. The fourth-order valence-electron chi connectivity index (χ4n) is 4.11. The molecule has 1 aliphatic rings. The highest BCUT2D eigenvalue weighted by atomic mass is 16.3. The molecule has 1 fully saturated rings. The van der Waals surface area contributed by atoms with Gasteiger partial charge in [-0.05, 0) is 25.0 Å². The molecule has 1 atom stereocenters. The van der Waals surface area contributed by atoms with E-state index >= 15 is 0 Å². The van der Waals surface area contributed by atoms with Gasteiger partial charge in [-0.1, -0.05) is 60.2 Å². The number of fused-ring (bicyclic) bond motifs is 1. The molecule has 0 radical (unpaired) electrons. The average molecular weight is 398 g/mol. The zero-order valence-electron chi connectivity index (χ0n) is 16.7. The van der Waals surface area contributed by atoms with Crippen molar-refractivity contribution in [3.8, 4) is 11.3 Å². The summed E-state index contributed by atoms with van der Waals surface area (Å²) < 4.78 is 1.70. The molecule has 0 bridgehead atoms. The lowest BCUT2D eigenvalue weighted by molar-refractivity contribution is 0.0418. The van der Waals surface area contributed by atoms with Crippen molar-refractivity contribution in [1.29, 1.82) is 0 Å². The van der Waals surface area contributed by atoms with Gasteiger partial charge in [0.1, 0.15) is 11.2 Å². The topological polar surface area (TPSA) is 70.7 Å². The standard InChI is InChI=1S/C24H22N4O2/c1-17-7-9-19(10-8-17)24(30)12-14-27(16-24)23(29)20-15-26-28-21(11-13-25-22(20)28)18-5-3-2-4-6-18/h2-11,13,15,30H,12,14,16H2,1H3/t24-/m1/s1. The van der Waals surface area contributed by atoms with Crippen molar-refractivity contribution in [3.63, 3.8) is 0 Å². The number of aromatic nitrogens is 3. The molecule has 6 heteroatoms. The van der Waals surface area contributed by atoms with E-state index in [-0.39, 0.29) is 12.5 Å². The summed E-state index contributed by atoms with van der Waals surface area (Å²) in [6.45, 7) is 2.75. The van der Waals surface area contributed by atoms with Crippen LogP contribution in [0.5, 0.6) is 0 Å². The number of carbonyl (C=O) groups excluding carboxylic acids is 1. The van der Waals surface area contributed by atoms with Crippen molar-refractivity contribution in [3.05, 3.63) is 89.7 Å². The van der Waals surface area contributed by atoms with Crippen LogP contribution < -0.4 is 0 Å². The number of amides is 1. The molecule has 0 spiro atoms. The van der Waals surface area contributed by atoms with Gasteiger partial charge >= 0.3 is 0 Å². The number of hydrogen-bond acceptors (Lipinski definition) is 4. The quantitative estimate of drug-likeness (QED) is 0.574. The average Bonchev–Trinajstić information content (AvgIpc) is 3.39. The van der Waals surface area contributed by atoms with Crippen molar-refractivity contribution < 1.29 is 9.90 Å². The van der Waals surface area contributed by atoms with Crippen LogP contribution in [0.3, 0.4) is 0 Å². The molecule has 1 amide bonds. The minimum absolute atomic E-state index is 0.161. The van der Waals surface area contributed by atoms with Crippen molar-refractivity contribution >= 4 is 11.6 Å². The molecular formula is C24H22N4O2. The van der Waals surface area contributed by atoms with Gasteiger partial charge in [0.2, 0.25) is 0 Å². The van der Waals surface area contributed by atoms with Gasteiger partial charge in [0, 0.05) is 18.3 Å². The van der Waals surface area contributed by atoms with E-state index in [1.165, 1.54) is 0 Å². The van der Waals surface area contributed by atoms with Gasteiger partial charge in [-0.3, -0.25) is 4.79 Å². The number of aliphatic hydroxyl groups is 1. The van der Waals surface area contributed by atoms with Crippen molar-refractivity contribution in [2.45, 2.75) is 18.9 Å². The molecule has 1 N–H and O–H groups in total. The van der Waals surface area contributed by atoms with Crippen LogP contribution in [-0.2, 0) is 5.60 Å². The van der Waals surface area contributed by atoms with E-state index in [0.717, 1.165) is 22.4 Å². The van der Waals surface area contributed by atoms with Crippen LogP contribution >= 0.6 is 0 Å². The second kappa shape index (κ2) is 7.07. The summed E-state index contributed by atoms with van der Waals surface area (Å²) in [6.07, 6.45) is 3.77. The molecule has 0 saturated carbocycles. The molecule has 150 valence electrons. The van der Waals surface area contributed by atoms with Crippen LogP contribution in [0, 0.1) is 6.92 Å². The predicted octanol–water partition coefficient (Wildman–Crippen LogP) is 3.44. The highest BCUT2D eigenvalue weighted by Crippen LogP contribution is 2.33. The summed E-state index contributed by atoms with van der Waals surface area (Å²) >= 11 is 0. The molecule has 1 aliphatic heterocycles. The second-order valence-corrected chi connectivity index (χ2v) is 7.86. The molecular weight excluding hydrogens is 376 g/mol. The maximum atomic E-state index is 13.3. The van der Waals surface area contributed by atoms with Crippen molar-refractivity contribution in [2.75, 3.05) is 13.1 Å². The van der Waals surface area contributed by atoms with E-state index in [4.69, 9.17) is 0 Å². The first-order valence-electron chi connectivity index (χ1n) is 10.0. The Morgan fingerprint density at radius 2 is 1.83 bits per heavy atom. The summed E-state index contributed by atoms with van der Waals surface area (Å²) in [5, 5.41) is 15.6. The third kappa shape index (κ3) is 3.06. The fourth-order valence-corrected chi connectivity index (χ4v) is 4.11. The Bertz CT molecular complexity index is 1220. The smallest absolute Gasteiger partial charge is 0.259 e. The van der Waals surface area contributed by atoms with Gasteiger partial charge in [0.25, 0.3) is 5.91 Å². The lowest BCUT2D eigenvalue weighted by atomic mass is 9.92. The second-order valence-electron chi connectivity index (χ2n) is 7.86. The number of carbonyl (C=O) groups is 1. The minimum Gasteiger partial charge on any atom is -0.383 e. The molecule has 0 unspecified atom stereocenters. The summed E-state index contributed by atoms with van der Waals surface area (Å²) in [5.74, 6) is -0.161. The first kappa shape index (κ1) is 18.5. The molecule has 2 aromatic carbocycles. The molecule has 1 saturated heterocycles. The molecule has 3 heterocycles. The van der Waals surface area contributed by atoms with Crippen LogP contribution in [0.4, 0.5) is 0 Å². The van der Waals surface area contributed by atoms with E-state index in [1.54, 1.807) is 21.8 Å². The summed E-state index contributed by atoms with van der Waals surface area (Å²) in [7, 11) is 0. The van der Waals surface area contributed by atoms with Crippen LogP contribution in [0.15, 0.2) is 73.1 Å². The Kier molecular flexibility index (Phi) is 4.37. The maximum absolute atomic E-state index is 13.3. The van der Waals surface area contributed by atoms with Crippen LogP contribution in [0.2, 0.25) is 0 Å². The first-order valence-corrected chi connectivity index (χ1v) is 10.0. The van der Waals surface area contributed by atoms with Gasteiger partial charge in [0.15, 0.2) is 5.65 Å². The zero-order chi connectivity index (χ0) is 20.7. The number of aryl methyl sites for hydroxylation is 1. The Hall–Kier alpha value is -3.51. The minimum atomic E-state index is -1.03. The van der Waals surface area contributed by atoms with Gasteiger partial charge in [-0.15, -0.1) is 0 Å². The van der Waals surface area contributed by atoms with E-state index in [9.17, 15) is 9.90 Å². The van der Waals surface area contributed by atoms with Gasteiger partial charge < -0.3 is 10.0 Å². The normalized spacial score (nSPS) is 18.8. The third-order valence-electron chi connectivity index (χ3n) is 5.83. The summed E-state index contributed by atoms with van der Waals surface area (Å²) in [6, 6.07) is 19.6. The largest absolute Gasteiger partial charge is 0.383 e. The monoisotopic (exact) mass is 398 g/mol. The number of hydrogen-bond donors (Lipinski definition) is 1. The lowest BCUT2D eigenvalue weighted by Gasteiger charge is -2.24. The summed E-state index contributed by atoms with van der Waals surface area (Å²) in [5.41, 5.74) is 3.79. The molecule has 30 heavy (non-hydrogen) atoms. The lowest BCUT2D eigenvalue weighted by Crippen LogP contribution is -2.34. The van der Waals surface area contributed by atoms with E-state index in [2.05, 4.69) is 10.1 Å². The molecule has 6 nitrogen and oxygen atoms in total. The van der Waals surface area contributed by atoms with Crippen molar-refractivity contribution in [2.24, 2.45) is 0 Å². The molecule has 5 rings (SSSR count). The van der Waals surface area contributed by atoms with Crippen LogP contribution in [0.25, 0.3) is 16.9 Å². The zero-order valence-corrected chi connectivity index (χ0v) is 16.7. The van der Waals surface area contributed by atoms with E-state index in [0.29, 0.717) is 24.2 Å². The van der Waals surface area contributed by atoms with E-state index in [1.807, 2.05) is 67.6 Å². The van der Waals surface area contributed by atoms with Gasteiger partial charge in [0.05, 0.1) is 18.4 Å². The van der Waals surface area contributed by atoms with Gasteiger partial charge in [-0.2, -0.15) is 5.10 Å². The number of β-amino-alcohol motifs (C(OH)–C–C–N with tert-alkyl or cyclic N) is 1. The van der Waals surface area contributed by atoms with E-state index < -0.39 is 5.60 Å². The first-order chi connectivity index (χ1) is 14.5. The number of rotatable bonds is 3. The SMILES string of the molecule is Cc1ccc([C@@]2(O)CCN(C(=O)c3cnn4c(-c5ccccc5)ccnc34)C2)cc1. The molecule has 4 aromatic rings. The fraction of sp³-hybridized carbons (Fsp3) is 0.208. The van der Waals surface area contributed by atoms with Crippen LogP contribution in [-0.4, -0.2) is 43.6 Å². The third-order valence-corrected chi connectivity index (χ3v) is 5.83. The number of benzene rings is 2. The Balaban J connectivity index is 1.45. The Morgan fingerprint density at radius 3 is 2.60 bits per heavy atom. The van der Waals surface area contributed by atoms with Gasteiger partial charge in [-0.25, -0.2) is 9.50 Å².